The second-order valence-electron chi connectivity index (χ2n) is 7.17. The Morgan fingerprint density at radius 2 is 1.91 bits per heavy atom. The highest BCUT2D eigenvalue weighted by molar-refractivity contribution is 7.14. The van der Waals surface area contributed by atoms with Crippen molar-refractivity contribution in [3.05, 3.63) is 78.0 Å². The van der Waals surface area contributed by atoms with E-state index in [-0.39, 0.29) is 0 Å². The van der Waals surface area contributed by atoms with Crippen molar-refractivity contribution in [1.82, 2.24) is 9.97 Å². The van der Waals surface area contributed by atoms with Gasteiger partial charge in [0.15, 0.2) is 23.2 Å². The minimum absolute atomic E-state index is 0.291. The van der Waals surface area contributed by atoms with E-state index in [9.17, 15) is 9.59 Å². The van der Waals surface area contributed by atoms with E-state index in [1.807, 2.05) is 35.7 Å². The standard InChI is InChI=1S/C24H17N3O4S/c1-14(31-23(29)18-8-9-21-19(11-18)25-13-30-21)22(28)27-24-26-20(12-32-24)17-7-6-15-4-2-3-5-16(15)10-17/h2-14H,1H3,(H,26,27,28). The molecule has 0 aliphatic carbocycles. The lowest BCUT2D eigenvalue weighted by atomic mass is 10.1. The molecule has 158 valence electrons. The molecule has 32 heavy (non-hydrogen) atoms. The van der Waals surface area contributed by atoms with E-state index in [1.54, 1.807) is 18.2 Å². The summed E-state index contributed by atoms with van der Waals surface area (Å²) in [5, 5.41) is 7.30. The summed E-state index contributed by atoms with van der Waals surface area (Å²) in [5.74, 6) is -1.08. The van der Waals surface area contributed by atoms with Crippen LogP contribution in [0.1, 0.15) is 17.3 Å². The number of rotatable bonds is 5. The second kappa shape index (κ2) is 8.24. The van der Waals surface area contributed by atoms with Crippen LogP contribution in [-0.2, 0) is 9.53 Å². The highest BCUT2D eigenvalue weighted by Gasteiger charge is 2.21. The number of benzene rings is 3. The normalized spacial score (nSPS) is 12.0. The van der Waals surface area contributed by atoms with Crippen molar-refractivity contribution < 1.29 is 18.7 Å². The lowest BCUT2D eigenvalue weighted by Crippen LogP contribution is -2.29. The Bertz CT molecular complexity index is 1460. The van der Waals surface area contributed by atoms with Gasteiger partial charge in [0, 0.05) is 10.9 Å². The Hall–Kier alpha value is -4.04. The Labute approximate surface area is 186 Å². The Kier molecular flexibility index (Phi) is 5.12. The molecule has 0 radical (unpaired) electrons. The number of esters is 1. The number of anilines is 1. The van der Waals surface area contributed by atoms with Gasteiger partial charge in [0.1, 0.15) is 5.52 Å². The van der Waals surface area contributed by atoms with E-state index in [4.69, 9.17) is 9.15 Å². The number of amides is 1. The average Bonchev–Trinajstić information content (AvgIpc) is 3.47. The Morgan fingerprint density at radius 3 is 2.78 bits per heavy atom. The summed E-state index contributed by atoms with van der Waals surface area (Å²) in [6, 6.07) is 18.9. The van der Waals surface area contributed by atoms with Crippen molar-refractivity contribution in [1.29, 1.82) is 0 Å². The highest BCUT2D eigenvalue weighted by Crippen LogP contribution is 2.28. The first-order valence-corrected chi connectivity index (χ1v) is 10.7. The maximum Gasteiger partial charge on any atom is 0.338 e. The third-order valence-corrected chi connectivity index (χ3v) is 5.76. The number of fused-ring (bicyclic) bond motifs is 2. The molecule has 0 bridgehead atoms. The predicted octanol–water partition coefficient (Wildman–Crippen LogP) is 5.29. The molecule has 0 fully saturated rings. The number of oxazole rings is 1. The molecular weight excluding hydrogens is 426 g/mol. The van der Waals surface area contributed by atoms with E-state index in [2.05, 4.69) is 27.4 Å². The average molecular weight is 443 g/mol. The quantitative estimate of drug-likeness (QED) is 0.371. The van der Waals surface area contributed by atoms with Gasteiger partial charge in [-0.15, -0.1) is 11.3 Å². The largest absolute Gasteiger partial charge is 0.449 e. The highest BCUT2D eigenvalue weighted by atomic mass is 32.1. The van der Waals surface area contributed by atoms with Gasteiger partial charge < -0.3 is 9.15 Å². The summed E-state index contributed by atoms with van der Waals surface area (Å²) in [5.41, 5.74) is 3.13. The molecule has 1 unspecified atom stereocenters. The monoisotopic (exact) mass is 443 g/mol. The first kappa shape index (κ1) is 19.9. The summed E-state index contributed by atoms with van der Waals surface area (Å²) < 4.78 is 10.5. The third-order valence-electron chi connectivity index (χ3n) is 5.00. The van der Waals surface area contributed by atoms with Crippen LogP contribution in [-0.4, -0.2) is 27.9 Å². The van der Waals surface area contributed by atoms with E-state index in [0.717, 1.165) is 22.0 Å². The molecule has 1 atom stereocenters. The minimum atomic E-state index is -0.997. The fourth-order valence-corrected chi connectivity index (χ4v) is 4.01. The molecule has 8 heteroatoms. The van der Waals surface area contributed by atoms with Gasteiger partial charge in [-0.2, -0.15) is 0 Å². The molecule has 3 aromatic carbocycles. The molecule has 2 heterocycles. The van der Waals surface area contributed by atoms with Crippen molar-refractivity contribution in [2.45, 2.75) is 13.0 Å². The zero-order chi connectivity index (χ0) is 22.1. The molecule has 0 aliphatic heterocycles. The maximum atomic E-state index is 12.5. The van der Waals surface area contributed by atoms with Gasteiger partial charge in [0.05, 0.1) is 11.3 Å². The van der Waals surface area contributed by atoms with Gasteiger partial charge in [-0.25, -0.2) is 14.8 Å². The number of nitrogens with one attached hydrogen (secondary N) is 1. The summed E-state index contributed by atoms with van der Waals surface area (Å²) in [6.45, 7) is 1.51. The zero-order valence-electron chi connectivity index (χ0n) is 16.9. The smallest absolute Gasteiger partial charge is 0.338 e. The molecule has 1 N–H and O–H groups in total. The van der Waals surface area contributed by atoms with Gasteiger partial charge in [-0.05, 0) is 42.0 Å². The van der Waals surface area contributed by atoms with Crippen LogP contribution in [0.15, 0.2) is 76.9 Å². The lowest BCUT2D eigenvalue weighted by Gasteiger charge is -2.12. The van der Waals surface area contributed by atoms with Gasteiger partial charge >= 0.3 is 5.97 Å². The number of ether oxygens (including phenoxy) is 1. The molecule has 0 saturated heterocycles. The minimum Gasteiger partial charge on any atom is -0.449 e. The van der Waals surface area contributed by atoms with Gasteiger partial charge in [-0.3, -0.25) is 10.1 Å². The number of nitrogens with zero attached hydrogens (tertiary/aromatic N) is 2. The Balaban J connectivity index is 1.25. The molecule has 2 aromatic heterocycles. The first-order valence-electron chi connectivity index (χ1n) is 9.86. The van der Waals surface area contributed by atoms with E-state index in [1.165, 1.54) is 24.7 Å². The van der Waals surface area contributed by atoms with Crippen LogP contribution in [0.2, 0.25) is 0 Å². The van der Waals surface area contributed by atoms with Crippen molar-refractivity contribution in [2.24, 2.45) is 0 Å². The fourth-order valence-electron chi connectivity index (χ4n) is 3.29. The number of aromatic nitrogens is 2. The molecule has 0 aliphatic rings. The van der Waals surface area contributed by atoms with Gasteiger partial charge in [-0.1, -0.05) is 36.4 Å². The van der Waals surface area contributed by atoms with Crippen LogP contribution in [0.25, 0.3) is 33.1 Å². The summed E-state index contributed by atoms with van der Waals surface area (Å²) in [6.07, 6.45) is 0.305. The molecular formula is C24H17N3O4S. The van der Waals surface area contributed by atoms with E-state index in [0.29, 0.717) is 21.8 Å². The van der Waals surface area contributed by atoms with Gasteiger partial charge in [0.25, 0.3) is 5.91 Å². The van der Waals surface area contributed by atoms with Crippen molar-refractivity contribution >= 4 is 50.2 Å². The van der Waals surface area contributed by atoms with Crippen LogP contribution in [0, 0.1) is 0 Å². The van der Waals surface area contributed by atoms with Crippen LogP contribution in [0.3, 0.4) is 0 Å². The first-order chi connectivity index (χ1) is 15.6. The van der Waals surface area contributed by atoms with Crippen molar-refractivity contribution in [3.63, 3.8) is 0 Å². The third kappa shape index (κ3) is 3.95. The van der Waals surface area contributed by atoms with Gasteiger partial charge in [0.2, 0.25) is 0 Å². The van der Waals surface area contributed by atoms with Crippen molar-refractivity contribution in [3.8, 4) is 11.3 Å². The van der Waals surface area contributed by atoms with Crippen LogP contribution in [0.5, 0.6) is 0 Å². The molecule has 5 rings (SSSR count). The molecule has 5 aromatic rings. The SMILES string of the molecule is CC(OC(=O)c1ccc2ocnc2c1)C(=O)Nc1nc(-c2ccc3ccccc3c2)cs1. The number of hydrogen-bond acceptors (Lipinski definition) is 7. The predicted molar refractivity (Wildman–Crippen MR) is 123 cm³/mol. The van der Waals surface area contributed by atoms with Crippen LogP contribution in [0.4, 0.5) is 5.13 Å². The summed E-state index contributed by atoms with van der Waals surface area (Å²) >= 11 is 1.31. The second-order valence-corrected chi connectivity index (χ2v) is 8.03. The topological polar surface area (TPSA) is 94.3 Å². The number of hydrogen-bond donors (Lipinski definition) is 1. The lowest BCUT2D eigenvalue weighted by molar-refractivity contribution is -0.123. The number of carbonyl (C=O) groups excluding carboxylic acids is 2. The van der Waals surface area contributed by atoms with E-state index >= 15 is 0 Å². The molecule has 7 nitrogen and oxygen atoms in total. The molecule has 0 spiro atoms. The number of thiazole rings is 1. The zero-order valence-corrected chi connectivity index (χ0v) is 17.8. The summed E-state index contributed by atoms with van der Waals surface area (Å²) in [7, 11) is 0. The fraction of sp³-hybridized carbons (Fsp3) is 0.0833. The molecule has 1 amide bonds. The Morgan fingerprint density at radius 1 is 1.06 bits per heavy atom. The maximum absolute atomic E-state index is 12.5. The van der Waals surface area contributed by atoms with Crippen molar-refractivity contribution in [2.75, 3.05) is 5.32 Å². The van der Waals surface area contributed by atoms with Crippen LogP contribution >= 0.6 is 11.3 Å². The number of carbonyl (C=O) groups is 2. The van der Waals surface area contributed by atoms with Crippen LogP contribution < -0.4 is 5.32 Å². The molecule has 0 saturated carbocycles. The van der Waals surface area contributed by atoms with E-state index < -0.39 is 18.0 Å². The summed E-state index contributed by atoms with van der Waals surface area (Å²) in [4.78, 5) is 33.4.